The first-order valence-electron chi connectivity index (χ1n) is 19.9. The van der Waals surface area contributed by atoms with Gasteiger partial charge in [0.25, 0.3) is 0 Å². The van der Waals surface area contributed by atoms with Crippen LogP contribution in [-0.2, 0) is 0 Å². The summed E-state index contributed by atoms with van der Waals surface area (Å²) in [6.07, 6.45) is 0. The molecule has 272 valence electrons. The van der Waals surface area contributed by atoms with Crippen molar-refractivity contribution in [3.63, 3.8) is 0 Å². The van der Waals surface area contributed by atoms with Gasteiger partial charge in [0.2, 0.25) is 0 Å². The summed E-state index contributed by atoms with van der Waals surface area (Å²) >= 11 is 1.94. The van der Waals surface area contributed by atoms with Gasteiger partial charge < -0.3 is 9.13 Å². The Hall–Kier alpha value is -6.98. The van der Waals surface area contributed by atoms with Crippen LogP contribution in [0.25, 0.3) is 75.2 Å². The molecule has 0 aliphatic rings. The molecule has 0 saturated heterocycles. The Morgan fingerprint density at radius 3 is 1.36 bits per heavy atom. The molecular weight excluding hydrogens is 737 g/mol. The second kappa shape index (κ2) is 13.0. The van der Waals surface area contributed by atoms with Gasteiger partial charge in [-0.05, 0) is 69.3 Å². The van der Waals surface area contributed by atoms with E-state index in [2.05, 4.69) is 228 Å². The summed E-state index contributed by atoms with van der Waals surface area (Å²) in [7, 11) is -2.83. The lowest BCUT2D eigenvalue weighted by Crippen LogP contribution is -2.74. The molecule has 0 bridgehead atoms. The Morgan fingerprint density at radius 1 is 0.345 bits per heavy atom. The molecular formula is C54H36N2SSi. The number of hydrogen-bond acceptors (Lipinski definition) is 1. The maximum absolute atomic E-state index is 2.83. The SMILES string of the molecule is c1ccc([Si](c2ccccc2)(c2ccccc2)c2ccc(-n3c4ccccc4c4cc(-n5c6ccccc6c6ccccc65)ccc43)c3c2sc2ccccc23)cc1. The smallest absolute Gasteiger partial charge is 0.181 e. The van der Waals surface area contributed by atoms with Gasteiger partial charge in [0.15, 0.2) is 8.07 Å². The Labute approximate surface area is 341 Å². The zero-order valence-corrected chi connectivity index (χ0v) is 33.4. The third kappa shape index (κ3) is 4.70. The zero-order valence-electron chi connectivity index (χ0n) is 31.6. The van der Waals surface area contributed by atoms with E-state index in [0.29, 0.717) is 0 Å². The van der Waals surface area contributed by atoms with Gasteiger partial charge in [0, 0.05) is 47.4 Å². The van der Waals surface area contributed by atoms with Crippen LogP contribution in [0.2, 0.25) is 0 Å². The summed E-state index contributed by atoms with van der Waals surface area (Å²) in [6, 6.07) is 81.4. The van der Waals surface area contributed by atoms with Crippen molar-refractivity contribution in [1.29, 1.82) is 0 Å². The van der Waals surface area contributed by atoms with E-state index >= 15 is 0 Å². The summed E-state index contributed by atoms with van der Waals surface area (Å²) in [4.78, 5) is 0. The van der Waals surface area contributed by atoms with Crippen LogP contribution in [0.15, 0.2) is 218 Å². The minimum atomic E-state index is -2.83. The number of nitrogens with zero attached hydrogens (tertiary/aromatic N) is 2. The van der Waals surface area contributed by atoms with Crippen molar-refractivity contribution in [2.45, 2.75) is 0 Å². The van der Waals surface area contributed by atoms with Gasteiger partial charge >= 0.3 is 0 Å². The molecule has 0 unspecified atom stereocenters. The van der Waals surface area contributed by atoms with Crippen molar-refractivity contribution in [1.82, 2.24) is 9.13 Å². The monoisotopic (exact) mass is 772 g/mol. The molecule has 0 amide bonds. The van der Waals surface area contributed by atoms with Gasteiger partial charge in [-0.15, -0.1) is 11.3 Å². The molecule has 0 saturated carbocycles. The van der Waals surface area contributed by atoms with Crippen molar-refractivity contribution < 1.29 is 0 Å². The molecule has 2 nitrogen and oxygen atoms in total. The number of rotatable bonds is 6. The van der Waals surface area contributed by atoms with Gasteiger partial charge in [-0.25, -0.2) is 0 Å². The normalized spacial score (nSPS) is 12.1. The van der Waals surface area contributed by atoms with Gasteiger partial charge in [-0.3, -0.25) is 0 Å². The Balaban J connectivity index is 1.18. The predicted molar refractivity (Wildman–Crippen MR) is 252 cm³/mol. The fraction of sp³-hybridized carbons (Fsp3) is 0. The summed E-state index contributed by atoms with van der Waals surface area (Å²) in [5, 5.41) is 13.2. The summed E-state index contributed by atoms with van der Waals surface area (Å²) in [5.41, 5.74) is 7.22. The highest BCUT2D eigenvalue weighted by molar-refractivity contribution is 7.30. The number of thiophene rings is 1. The van der Waals surface area contributed by atoms with E-state index in [-0.39, 0.29) is 0 Å². The topological polar surface area (TPSA) is 9.86 Å². The molecule has 3 heterocycles. The molecule has 3 aromatic heterocycles. The molecule has 9 aromatic carbocycles. The molecule has 0 atom stereocenters. The van der Waals surface area contributed by atoms with E-state index in [1.807, 2.05) is 11.3 Å². The van der Waals surface area contributed by atoms with E-state index in [1.165, 1.54) is 95.9 Å². The number of hydrogen-bond donors (Lipinski definition) is 0. The molecule has 0 fully saturated rings. The Bertz CT molecular complexity index is 3360. The van der Waals surface area contributed by atoms with Crippen molar-refractivity contribution in [3.05, 3.63) is 218 Å². The van der Waals surface area contributed by atoms with E-state index in [0.717, 1.165) is 0 Å². The summed E-state index contributed by atoms with van der Waals surface area (Å²) in [5.74, 6) is 0. The molecule has 0 spiro atoms. The van der Waals surface area contributed by atoms with Gasteiger partial charge in [0.05, 0.1) is 27.8 Å². The van der Waals surface area contributed by atoms with Gasteiger partial charge in [0.1, 0.15) is 0 Å². The fourth-order valence-electron chi connectivity index (χ4n) is 9.88. The van der Waals surface area contributed by atoms with E-state index < -0.39 is 8.07 Å². The number of fused-ring (bicyclic) bond motifs is 9. The quantitative estimate of drug-likeness (QED) is 0.118. The summed E-state index contributed by atoms with van der Waals surface area (Å²) in [6.45, 7) is 0. The van der Waals surface area contributed by atoms with E-state index in [4.69, 9.17) is 0 Å². The number of para-hydroxylation sites is 3. The third-order valence-electron chi connectivity index (χ3n) is 12.3. The summed E-state index contributed by atoms with van der Waals surface area (Å²) < 4.78 is 7.62. The maximum Gasteiger partial charge on any atom is 0.181 e. The van der Waals surface area contributed by atoms with E-state index in [1.54, 1.807) is 0 Å². The minimum Gasteiger partial charge on any atom is -0.309 e. The van der Waals surface area contributed by atoms with Crippen LogP contribution in [0.1, 0.15) is 0 Å². The van der Waals surface area contributed by atoms with Crippen LogP contribution >= 0.6 is 11.3 Å². The molecule has 12 aromatic rings. The molecule has 0 aliphatic heterocycles. The highest BCUT2D eigenvalue weighted by atomic mass is 32.1. The van der Waals surface area contributed by atoms with Gasteiger partial charge in [-0.2, -0.15) is 0 Å². The largest absolute Gasteiger partial charge is 0.309 e. The maximum atomic E-state index is 2.53. The lowest BCUT2D eigenvalue weighted by molar-refractivity contribution is 1.17. The molecule has 4 heteroatoms. The van der Waals surface area contributed by atoms with Crippen LogP contribution in [0.5, 0.6) is 0 Å². The van der Waals surface area contributed by atoms with Crippen molar-refractivity contribution in [2.24, 2.45) is 0 Å². The van der Waals surface area contributed by atoms with Crippen LogP contribution in [0.3, 0.4) is 0 Å². The molecule has 12 rings (SSSR count). The highest BCUT2D eigenvalue weighted by Gasteiger charge is 2.43. The highest BCUT2D eigenvalue weighted by Crippen LogP contribution is 2.42. The number of aromatic nitrogens is 2. The third-order valence-corrected chi connectivity index (χ3v) is 18.5. The van der Waals surface area contributed by atoms with Crippen LogP contribution in [0.4, 0.5) is 0 Å². The Morgan fingerprint density at radius 2 is 0.793 bits per heavy atom. The molecule has 0 aliphatic carbocycles. The lowest BCUT2D eigenvalue weighted by Gasteiger charge is -2.35. The fourth-order valence-corrected chi connectivity index (χ4v) is 16.4. The average molecular weight is 773 g/mol. The standard InChI is InChI=1S/C54H36N2SSi/c1-4-18-38(19-5-1)58(39-20-6-2-7-21-39,40-22-8-3-9-23-40)52-35-34-50(53-44-27-13-17-31-51(44)57-54(52)53)56-48-30-16-12-26-43(48)45-36-37(32-33-49(45)56)55-46-28-14-10-24-41(46)42-25-11-15-29-47(42)55/h1-36H. The van der Waals surface area contributed by atoms with Crippen molar-refractivity contribution in [3.8, 4) is 11.4 Å². The van der Waals surface area contributed by atoms with Crippen molar-refractivity contribution in [2.75, 3.05) is 0 Å². The lowest BCUT2D eigenvalue weighted by atomic mass is 10.1. The molecule has 58 heavy (non-hydrogen) atoms. The van der Waals surface area contributed by atoms with Crippen LogP contribution in [-0.4, -0.2) is 17.2 Å². The van der Waals surface area contributed by atoms with Crippen LogP contribution < -0.4 is 20.7 Å². The predicted octanol–water partition coefficient (Wildman–Crippen LogP) is 11.6. The minimum absolute atomic E-state index is 1.17. The molecule has 0 radical (unpaired) electrons. The van der Waals surface area contributed by atoms with Gasteiger partial charge in [-0.1, -0.05) is 170 Å². The molecule has 0 N–H and O–H groups in total. The number of benzene rings is 9. The first kappa shape index (κ1) is 33.2. The Kier molecular flexibility index (Phi) is 7.46. The zero-order chi connectivity index (χ0) is 38.2. The average Bonchev–Trinajstić information content (AvgIpc) is 3.96. The second-order valence-electron chi connectivity index (χ2n) is 15.2. The first-order valence-corrected chi connectivity index (χ1v) is 22.8. The second-order valence-corrected chi connectivity index (χ2v) is 20.0. The van der Waals surface area contributed by atoms with Crippen molar-refractivity contribution >= 4 is 104 Å². The first-order chi connectivity index (χ1) is 28.8. The van der Waals surface area contributed by atoms with Crippen LogP contribution in [0, 0.1) is 0 Å². The van der Waals surface area contributed by atoms with E-state index in [9.17, 15) is 0 Å².